The van der Waals surface area contributed by atoms with Gasteiger partial charge >= 0.3 is 0 Å². The van der Waals surface area contributed by atoms with E-state index in [9.17, 15) is 0 Å². The Bertz CT molecular complexity index is 15.1. The van der Waals surface area contributed by atoms with Gasteiger partial charge in [-0.3, -0.25) is 11.7 Å². The summed E-state index contributed by atoms with van der Waals surface area (Å²) in [6.45, 7) is 1.44. The third-order valence-electron chi connectivity index (χ3n) is 0. The number of nitrogens with two attached hydrogens (primary N) is 2. The zero-order valence-corrected chi connectivity index (χ0v) is 3.14. The average Bonchev–Trinajstić information content (AvgIpc) is 1.46. The van der Waals surface area contributed by atoms with E-state index in [4.69, 9.17) is 4.79 Å². The van der Waals surface area contributed by atoms with Crippen molar-refractivity contribution in [2.45, 2.75) is 6.92 Å². The van der Waals surface area contributed by atoms with E-state index in [0.717, 1.165) is 6.29 Å². The summed E-state index contributed by atoms with van der Waals surface area (Å²) in [6, 6.07) is 0. The third-order valence-corrected chi connectivity index (χ3v) is 0. The van der Waals surface area contributed by atoms with Crippen molar-refractivity contribution < 1.29 is 4.79 Å². The van der Waals surface area contributed by atoms with E-state index in [2.05, 4.69) is 11.7 Å². The molecule has 0 saturated heterocycles. The van der Waals surface area contributed by atoms with E-state index in [1.807, 2.05) is 0 Å². The fourth-order valence-corrected chi connectivity index (χ4v) is 0. The van der Waals surface area contributed by atoms with Crippen LogP contribution < -0.4 is 11.7 Å². The minimum Gasteiger partial charge on any atom is -0.304 e. The Hall–Kier alpha value is -0.410. The van der Waals surface area contributed by atoms with Gasteiger partial charge in [-0.25, -0.2) is 0 Å². The topological polar surface area (TPSA) is 69.1 Å². The van der Waals surface area contributed by atoms with Crippen LogP contribution in [0.3, 0.4) is 0 Å². The predicted molar refractivity (Wildman–Crippen MR) is 20.1 cm³/mol. The molecule has 0 rings (SSSR count). The number of carbonyl (C=O) groups is 1. The highest BCUT2D eigenvalue weighted by Crippen LogP contribution is 1.13. The number of hydrogen-bond acceptors (Lipinski definition) is 3. The van der Waals surface area contributed by atoms with Gasteiger partial charge in [0.25, 0.3) is 0 Å². The highest BCUT2D eigenvalue weighted by molar-refractivity contribution is 5.44. The number of rotatable bonds is 0. The van der Waals surface area contributed by atoms with Gasteiger partial charge < -0.3 is 4.79 Å². The maximum absolute atomic E-state index is 8.81. The molecule has 0 radical (unpaired) electrons. The molecular weight excluding hydrogens is 68.0 g/mol. The molecule has 0 aromatic carbocycles. The van der Waals surface area contributed by atoms with Crippen LogP contribution in [0, 0.1) is 0 Å². The van der Waals surface area contributed by atoms with Crippen molar-refractivity contribution in [2.24, 2.45) is 11.7 Å². The zero-order chi connectivity index (χ0) is 4.71. The lowest BCUT2D eigenvalue weighted by Crippen LogP contribution is -2.02. The normalized spacial score (nSPS) is 3.80. The number of aldehydes is 1. The van der Waals surface area contributed by atoms with E-state index in [1.54, 1.807) is 0 Å². The van der Waals surface area contributed by atoms with Gasteiger partial charge in [0.15, 0.2) is 0 Å². The zero-order valence-electron chi connectivity index (χ0n) is 3.14. The monoisotopic (exact) mass is 76.1 g/mol. The molecular formula is C2H8N2O. The molecule has 0 unspecified atom stereocenters. The first-order valence-electron chi connectivity index (χ1n) is 1.15. The van der Waals surface area contributed by atoms with Gasteiger partial charge in [-0.05, 0) is 6.92 Å². The first kappa shape index (κ1) is 8.82. The van der Waals surface area contributed by atoms with Crippen LogP contribution in [-0.4, -0.2) is 6.29 Å². The molecule has 0 aliphatic carbocycles. The Kier molecular flexibility index (Phi) is 122. The Labute approximate surface area is 30.9 Å². The molecule has 0 bridgehead atoms. The Morgan fingerprint density at radius 2 is 1.60 bits per heavy atom. The quantitative estimate of drug-likeness (QED) is 0.221. The van der Waals surface area contributed by atoms with Crippen LogP contribution in [0.2, 0.25) is 0 Å². The van der Waals surface area contributed by atoms with E-state index in [-0.39, 0.29) is 0 Å². The fourth-order valence-electron chi connectivity index (χ4n) is 0. The minimum atomic E-state index is 0.750. The maximum atomic E-state index is 8.81. The van der Waals surface area contributed by atoms with Crippen molar-refractivity contribution in [1.29, 1.82) is 0 Å². The molecule has 0 aliphatic rings. The van der Waals surface area contributed by atoms with Gasteiger partial charge in [0.05, 0.1) is 0 Å². The summed E-state index contributed by atoms with van der Waals surface area (Å²) in [7, 11) is 0. The molecule has 32 valence electrons. The molecule has 0 saturated carbocycles. The largest absolute Gasteiger partial charge is 0.304 e. The van der Waals surface area contributed by atoms with Gasteiger partial charge in [0.1, 0.15) is 6.29 Å². The Balaban J connectivity index is 0. The van der Waals surface area contributed by atoms with Gasteiger partial charge in [-0.1, -0.05) is 0 Å². The van der Waals surface area contributed by atoms with Gasteiger partial charge in [-0.2, -0.15) is 0 Å². The number of carbonyl (C=O) groups excluding carboxylic acids is 1. The summed E-state index contributed by atoms with van der Waals surface area (Å²) >= 11 is 0. The van der Waals surface area contributed by atoms with Crippen molar-refractivity contribution in [3.63, 3.8) is 0 Å². The summed E-state index contributed by atoms with van der Waals surface area (Å²) in [5, 5.41) is 0. The van der Waals surface area contributed by atoms with E-state index >= 15 is 0 Å². The first-order chi connectivity index (χ1) is 2.41. The van der Waals surface area contributed by atoms with Crippen molar-refractivity contribution in [2.75, 3.05) is 0 Å². The van der Waals surface area contributed by atoms with Crippen LogP contribution in [-0.2, 0) is 4.79 Å². The number of hydrogen-bond donors (Lipinski definition) is 2. The molecule has 0 fully saturated rings. The summed E-state index contributed by atoms with van der Waals surface area (Å²) in [4.78, 5) is 8.81. The summed E-state index contributed by atoms with van der Waals surface area (Å²) in [5.41, 5.74) is 0. The van der Waals surface area contributed by atoms with Crippen LogP contribution in [0.5, 0.6) is 0 Å². The maximum Gasteiger partial charge on any atom is 0.116 e. The molecule has 0 spiro atoms. The molecule has 0 heterocycles. The van der Waals surface area contributed by atoms with Gasteiger partial charge in [0, 0.05) is 0 Å². The van der Waals surface area contributed by atoms with E-state index < -0.39 is 0 Å². The molecule has 3 heteroatoms. The highest BCUT2D eigenvalue weighted by Gasteiger charge is 1.24. The standard InChI is InChI=1S/C2H4O.H4N2/c1-2-3;1-2/h2H,1H3;1-2H2. The lowest BCUT2D eigenvalue weighted by atomic mass is 11.0. The van der Waals surface area contributed by atoms with E-state index in [1.165, 1.54) is 6.92 Å². The fraction of sp³-hybridized carbons (Fsp3) is 0.500. The van der Waals surface area contributed by atoms with Crippen molar-refractivity contribution >= 4 is 6.29 Å². The molecule has 4 N–H and O–H groups in total. The predicted octanol–water partition coefficient (Wildman–Crippen LogP) is -0.976. The second-order valence-corrected chi connectivity index (χ2v) is 0.236. The van der Waals surface area contributed by atoms with Crippen molar-refractivity contribution in [1.82, 2.24) is 0 Å². The SMILES string of the molecule is CC=O.NN. The average molecular weight is 76.1 g/mol. The lowest BCUT2D eigenvalue weighted by Gasteiger charge is -1.27. The number of hydrazine groups is 1. The molecule has 0 atom stereocenters. The van der Waals surface area contributed by atoms with Crippen molar-refractivity contribution in [3.05, 3.63) is 0 Å². The molecule has 3 nitrogen and oxygen atoms in total. The summed E-state index contributed by atoms with van der Waals surface area (Å²) in [6.07, 6.45) is 0.750. The molecule has 0 amide bonds. The molecule has 0 aliphatic heterocycles. The smallest absolute Gasteiger partial charge is 0.116 e. The second-order valence-electron chi connectivity index (χ2n) is 0.236. The van der Waals surface area contributed by atoms with Crippen LogP contribution in [0.4, 0.5) is 0 Å². The Morgan fingerprint density at radius 3 is 1.60 bits per heavy atom. The molecule has 5 heavy (non-hydrogen) atoms. The third kappa shape index (κ3) is 54.0. The highest BCUT2D eigenvalue weighted by atomic mass is 16.1. The minimum absolute atomic E-state index is 0.750. The van der Waals surface area contributed by atoms with Gasteiger partial charge in [0.2, 0.25) is 0 Å². The van der Waals surface area contributed by atoms with Crippen LogP contribution >= 0.6 is 0 Å². The van der Waals surface area contributed by atoms with Crippen LogP contribution in [0.1, 0.15) is 6.92 Å². The first-order valence-corrected chi connectivity index (χ1v) is 1.15. The van der Waals surface area contributed by atoms with Crippen molar-refractivity contribution in [3.8, 4) is 0 Å². The molecule has 0 aromatic heterocycles. The summed E-state index contributed by atoms with van der Waals surface area (Å²) in [5.74, 6) is 8.00. The summed E-state index contributed by atoms with van der Waals surface area (Å²) < 4.78 is 0. The Morgan fingerprint density at radius 1 is 1.60 bits per heavy atom. The lowest BCUT2D eigenvalue weighted by molar-refractivity contribution is -0.106. The van der Waals surface area contributed by atoms with Crippen LogP contribution in [0.25, 0.3) is 0 Å². The second kappa shape index (κ2) is 69.2. The molecule has 0 aromatic rings. The van der Waals surface area contributed by atoms with E-state index in [0.29, 0.717) is 0 Å². The van der Waals surface area contributed by atoms with Gasteiger partial charge in [-0.15, -0.1) is 0 Å². The van der Waals surface area contributed by atoms with Crippen LogP contribution in [0.15, 0.2) is 0 Å².